The Labute approximate surface area is 166 Å². The van der Waals surface area contributed by atoms with Crippen molar-refractivity contribution in [3.63, 3.8) is 0 Å². The number of carbonyl (C=O) groups is 2. The Kier molecular flexibility index (Phi) is 4.84. The minimum Gasteiger partial charge on any atom is -0.368 e. The van der Waals surface area contributed by atoms with Crippen LogP contribution in [0.15, 0.2) is 36.4 Å². The average Bonchev–Trinajstić information content (AvgIpc) is 3.03. The topological polar surface area (TPSA) is 43.9 Å². The van der Waals surface area contributed by atoms with Crippen molar-refractivity contribution >= 4 is 23.2 Å². The number of carbonyl (C=O) groups excluding carboxylic acids is 2. The maximum atomic E-state index is 13.0. The normalized spacial score (nSPS) is 16.5. The van der Waals surface area contributed by atoms with Gasteiger partial charge in [-0.1, -0.05) is 12.1 Å². The van der Waals surface area contributed by atoms with Gasteiger partial charge in [0, 0.05) is 49.7 Å². The highest BCUT2D eigenvalue weighted by atomic mass is 16.2. The number of hydrogen-bond donors (Lipinski definition) is 0. The van der Waals surface area contributed by atoms with Gasteiger partial charge in [-0.15, -0.1) is 0 Å². The van der Waals surface area contributed by atoms with Crippen LogP contribution in [0.1, 0.15) is 34.0 Å². The van der Waals surface area contributed by atoms with Crippen molar-refractivity contribution in [3.8, 4) is 0 Å². The Balaban J connectivity index is 1.46. The predicted octanol–water partition coefficient (Wildman–Crippen LogP) is 3.17. The second-order valence-electron chi connectivity index (χ2n) is 7.73. The van der Waals surface area contributed by atoms with E-state index in [2.05, 4.69) is 36.9 Å². The molecule has 0 atom stereocenters. The second-order valence-corrected chi connectivity index (χ2v) is 7.73. The monoisotopic (exact) mass is 377 g/mol. The van der Waals surface area contributed by atoms with Crippen molar-refractivity contribution in [2.75, 3.05) is 42.5 Å². The van der Waals surface area contributed by atoms with Crippen molar-refractivity contribution in [1.82, 2.24) is 4.90 Å². The second kappa shape index (κ2) is 7.30. The smallest absolute Gasteiger partial charge is 0.253 e. The summed E-state index contributed by atoms with van der Waals surface area (Å²) < 4.78 is 0. The molecule has 4 rings (SSSR count). The van der Waals surface area contributed by atoms with Gasteiger partial charge in [0.15, 0.2) is 0 Å². The van der Waals surface area contributed by atoms with E-state index in [4.69, 9.17) is 0 Å². The van der Waals surface area contributed by atoms with E-state index < -0.39 is 0 Å². The van der Waals surface area contributed by atoms with Gasteiger partial charge in [-0.2, -0.15) is 0 Å². The van der Waals surface area contributed by atoms with Gasteiger partial charge in [0.25, 0.3) is 5.91 Å². The number of rotatable bonds is 3. The number of anilines is 2. The van der Waals surface area contributed by atoms with Crippen molar-refractivity contribution in [2.24, 2.45) is 0 Å². The van der Waals surface area contributed by atoms with E-state index in [0.29, 0.717) is 31.6 Å². The standard InChI is InChI=1S/C23H27N3O2/c1-4-26-20-8-7-18(14-19(20)15-22(26)27)23(28)25-11-9-24(10-12-25)21-13-16(2)5-6-17(21)3/h5-8,13-14H,4,9-12,15H2,1-3H3. The summed E-state index contributed by atoms with van der Waals surface area (Å²) in [5.41, 5.74) is 6.39. The van der Waals surface area contributed by atoms with E-state index in [-0.39, 0.29) is 11.8 Å². The molecule has 0 radical (unpaired) electrons. The van der Waals surface area contributed by atoms with Crippen LogP contribution in [-0.4, -0.2) is 49.4 Å². The van der Waals surface area contributed by atoms with Crippen molar-refractivity contribution in [3.05, 3.63) is 58.7 Å². The van der Waals surface area contributed by atoms with Crippen LogP contribution in [0.3, 0.4) is 0 Å². The molecule has 5 nitrogen and oxygen atoms in total. The van der Waals surface area contributed by atoms with E-state index >= 15 is 0 Å². The molecule has 5 heteroatoms. The van der Waals surface area contributed by atoms with Gasteiger partial charge in [-0.05, 0) is 61.7 Å². The number of piperazine rings is 1. The molecule has 28 heavy (non-hydrogen) atoms. The van der Waals surface area contributed by atoms with Crippen LogP contribution < -0.4 is 9.80 Å². The maximum Gasteiger partial charge on any atom is 0.253 e. The summed E-state index contributed by atoms with van der Waals surface area (Å²) in [7, 11) is 0. The third kappa shape index (κ3) is 3.26. The molecule has 2 aliphatic heterocycles. The van der Waals surface area contributed by atoms with Crippen LogP contribution >= 0.6 is 0 Å². The van der Waals surface area contributed by atoms with Gasteiger partial charge in [0.05, 0.1) is 6.42 Å². The Bertz CT molecular complexity index is 929. The molecule has 0 spiro atoms. The van der Waals surface area contributed by atoms with Gasteiger partial charge in [-0.3, -0.25) is 9.59 Å². The summed E-state index contributed by atoms with van der Waals surface area (Å²) in [5.74, 6) is 0.176. The fourth-order valence-electron chi connectivity index (χ4n) is 4.26. The molecule has 2 heterocycles. The van der Waals surface area contributed by atoms with Gasteiger partial charge < -0.3 is 14.7 Å². The number of aryl methyl sites for hydroxylation is 2. The van der Waals surface area contributed by atoms with Crippen LogP contribution in [0.2, 0.25) is 0 Å². The van der Waals surface area contributed by atoms with Gasteiger partial charge in [-0.25, -0.2) is 0 Å². The fraction of sp³-hybridized carbons (Fsp3) is 0.391. The van der Waals surface area contributed by atoms with Crippen molar-refractivity contribution in [1.29, 1.82) is 0 Å². The molecule has 2 aliphatic rings. The number of hydrogen-bond acceptors (Lipinski definition) is 3. The van der Waals surface area contributed by atoms with Crippen LogP contribution in [0.5, 0.6) is 0 Å². The highest BCUT2D eigenvalue weighted by molar-refractivity contribution is 6.03. The lowest BCUT2D eigenvalue weighted by Crippen LogP contribution is -2.49. The van der Waals surface area contributed by atoms with E-state index in [1.54, 1.807) is 4.90 Å². The number of nitrogens with zero attached hydrogens (tertiary/aromatic N) is 3. The Morgan fingerprint density at radius 1 is 0.964 bits per heavy atom. The SMILES string of the molecule is CCN1C(=O)Cc2cc(C(=O)N3CCN(c4cc(C)ccc4C)CC3)ccc21. The quantitative estimate of drug-likeness (QED) is 0.825. The lowest BCUT2D eigenvalue weighted by molar-refractivity contribution is -0.117. The molecular weight excluding hydrogens is 350 g/mol. The predicted molar refractivity (Wildman–Crippen MR) is 112 cm³/mol. The highest BCUT2D eigenvalue weighted by Gasteiger charge is 2.28. The molecule has 2 amide bonds. The maximum absolute atomic E-state index is 13.0. The first-order valence-electron chi connectivity index (χ1n) is 10.0. The summed E-state index contributed by atoms with van der Waals surface area (Å²) >= 11 is 0. The molecule has 0 aromatic heterocycles. The number of fused-ring (bicyclic) bond motifs is 1. The molecule has 0 unspecified atom stereocenters. The lowest BCUT2D eigenvalue weighted by atomic mass is 10.1. The molecule has 2 aromatic carbocycles. The van der Waals surface area contributed by atoms with Crippen LogP contribution in [0.25, 0.3) is 0 Å². The van der Waals surface area contributed by atoms with Crippen LogP contribution in [0.4, 0.5) is 11.4 Å². The molecule has 0 saturated carbocycles. The largest absolute Gasteiger partial charge is 0.368 e. The molecular formula is C23H27N3O2. The lowest BCUT2D eigenvalue weighted by Gasteiger charge is -2.37. The summed E-state index contributed by atoms with van der Waals surface area (Å²) in [6, 6.07) is 12.2. The van der Waals surface area contributed by atoms with E-state index in [9.17, 15) is 9.59 Å². The third-order valence-corrected chi connectivity index (χ3v) is 5.85. The Morgan fingerprint density at radius 2 is 1.71 bits per heavy atom. The van der Waals surface area contributed by atoms with Crippen molar-refractivity contribution in [2.45, 2.75) is 27.2 Å². The van der Waals surface area contributed by atoms with Gasteiger partial charge in [0.2, 0.25) is 5.91 Å². The van der Waals surface area contributed by atoms with Gasteiger partial charge in [0.1, 0.15) is 0 Å². The first kappa shape index (κ1) is 18.5. The molecule has 0 aliphatic carbocycles. The molecule has 146 valence electrons. The van der Waals surface area contributed by atoms with Crippen LogP contribution in [-0.2, 0) is 11.2 Å². The van der Waals surface area contributed by atoms with Crippen molar-refractivity contribution < 1.29 is 9.59 Å². The molecule has 1 fully saturated rings. The summed E-state index contributed by atoms with van der Waals surface area (Å²) in [6.07, 6.45) is 0.394. The summed E-state index contributed by atoms with van der Waals surface area (Å²) in [6.45, 7) is 9.98. The zero-order valence-electron chi connectivity index (χ0n) is 16.9. The molecule has 0 N–H and O–H groups in total. The zero-order valence-corrected chi connectivity index (χ0v) is 16.9. The van der Waals surface area contributed by atoms with Crippen LogP contribution in [0, 0.1) is 13.8 Å². The van der Waals surface area contributed by atoms with E-state index in [1.165, 1.54) is 16.8 Å². The molecule has 2 aromatic rings. The highest BCUT2D eigenvalue weighted by Crippen LogP contribution is 2.30. The minimum atomic E-state index is 0.0609. The van der Waals surface area contributed by atoms with Gasteiger partial charge >= 0.3 is 0 Å². The summed E-state index contributed by atoms with van der Waals surface area (Å²) in [5, 5.41) is 0. The number of likely N-dealkylation sites (N-methyl/N-ethyl adjacent to an activating group) is 1. The van der Waals surface area contributed by atoms with E-state index in [0.717, 1.165) is 24.3 Å². The first-order valence-corrected chi connectivity index (χ1v) is 10.0. The average molecular weight is 377 g/mol. The Hall–Kier alpha value is -2.82. The Morgan fingerprint density at radius 3 is 2.43 bits per heavy atom. The summed E-state index contributed by atoms with van der Waals surface area (Å²) in [4.78, 5) is 31.2. The number of benzene rings is 2. The zero-order chi connectivity index (χ0) is 19.8. The van der Waals surface area contributed by atoms with E-state index in [1.807, 2.05) is 30.0 Å². The fourth-order valence-corrected chi connectivity index (χ4v) is 4.26. The number of amides is 2. The first-order chi connectivity index (χ1) is 13.5. The molecule has 0 bridgehead atoms. The third-order valence-electron chi connectivity index (χ3n) is 5.85. The molecule has 1 saturated heterocycles. The minimum absolute atomic E-state index is 0.0609.